The molecule has 0 aromatic carbocycles. The van der Waals surface area contributed by atoms with E-state index in [1.165, 1.54) is 0 Å². The molecule has 2 aromatic heterocycles. The summed E-state index contributed by atoms with van der Waals surface area (Å²) in [4.78, 5) is 24.1. The molecular weight excluding hydrogens is 296 g/mol. The first-order chi connectivity index (χ1) is 11.0. The third kappa shape index (κ3) is 2.52. The van der Waals surface area contributed by atoms with Gasteiger partial charge in [0.05, 0.1) is 12.2 Å². The quantitative estimate of drug-likeness (QED) is 0.730. The van der Waals surface area contributed by atoms with Crippen molar-refractivity contribution in [2.24, 2.45) is 0 Å². The van der Waals surface area contributed by atoms with Crippen LogP contribution in [-0.4, -0.2) is 38.8 Å². The van der Waals surface area contributed by atoms with Crippen molar-refractivity contribution < 1.29 is 9.59 Å². The molecule has 1 aliphatic heterocycles. The Hall–Kier alpha value is -2.90. The number of allylic oxidation sites excluding steroid dienone is 1. The number of hydrogen-bond acceptors (Lipinski definition) is 4. The van der Waals surface area contributed by atoms with E-state index in [9.17, 15) is 9.59 Å². The fraction of sp³-hybridized carbons (Fsp3) is 0.333. The first-order valence-electron chi connectivity index (χ1n) is 7.30. The molecule has 8 nitrogen and oxygen atoms in total. The van der Waals surface area contributed by atoms with Gasteiger partial charge in [-0.2, -0.15) is 10.2 Å². The standard InChI is InChI=1S/C15H18N6O2/c1-4-5-21-7-10(8(2)20-21)9-6-11(22)17-14-12(9)13(18-19-14)15(23)16-3/h4,7,9H,1,5-6H2,2-3H3,(H,16,23)(H2,17,18,19,22)/t9-/m1/s1. The third-order valence-corrected chi connectivity index (χ3v) is 3.93. The van der Waals surface area contributed by atoms with Gasteiger partial charge in [0, 0.05) is 36.7 Å². The van der Waals surface area contributed by atoms with Crippen molar-refractivity contribution in [2.75, 3.05) is 12.4 Å². The summed E-state index contributed by atoms with van der Waals surface area (Å²) in [6.45, 7) is 6.18. The van der Waals surface area contributed by atoms with Gasteiger partial charge in [-0.15, -0.1) is 6.58 Å². The van der Waals surface area contributed by atoms with Crippen LogP contribution >= 0.6 is 0 Å². The molecule has 0 saturated heterocycles. The Kier molecular flexibility index (Phi) is 3.73. The zero-order valence-corrected chi connectivity index (χ0v) is 13.0. The van der Waals surface area contributed by atoms with Crippen molar-refractivity contribution in [1.29, 1.82) is 0 Å². The minimum Gasteiger partial charge on any atom is -0.354 e. The molecule has 1 atom stereocenters. The summed E-state index contributed by atoms with van der Waals surface area (Å²) in [5.74, 6) is -0.256. The Morgan fingerprint density at radius 3 is 3.09 bits per heavy atom. The number of amides is 2. The van der Waals surface area contributed by atoms with Gasteiger partial charge in [0.2, 0.25) is 5.91 Å². The van der Waals surface area contributed by atoms with Crippen molar-refractivity contribution in [3.05, 3.63) is 41.4 Å². The molecule has 0 saturated carbocycles. The SMILES string of the molecule is C=CCn1cc([C@H]2CC(=O)Nc3n[nH]c(C(=O)NC)c32)c(C)n1. The molecule has 120 valence electrons. The highest BCUT2D eigenvalue weighted by atomic mass is 16.2. The number of nitrogens with one attached hydrogen (secondary N) is 3. The summed E-state index contributed by atoms with van der Waals surface area (Å²) in [5.41, 5.74) is 2.80. The maximum atomic E-state index is 12.1. The summed E-state index contributed by atoms with van der Waals surface area (Å²) in [6.07, 6.45) is 3.89. The first kappa shape index (κ1) is 15.0. The molecule has 0 unspecified atom stereocenters. The first-order valence-corrected chi connectivity index (χ1v) is 7.30. The summed E-state index contributed by atoms with van der Waals surface area (Å²) in [6, 6.07) is 0. The number of anilines is 1. The molecule has 3 heterocycles. The zero-order chi connectivity index (χ0) is 16.6. The maximum Gasteiger partial charge on any atom is 0.269 e. The third-order valence-electron chi connectivity index (χ3n) is 3.93. The molecule has 0 spiro atoms. The minimum absolute atomic E-state index is 0.131. The number of aromatic amines is 1. The molecular formula is C15H18N6O2. The molecule has 0 fully saturated rings. The van der Waals surface area contributed by atoms with Crippen molar-refractivity contribution in [1.82, 2.24) is 25.3 Å². The monoisotopic (exact) mass is 314 g/mol. The van der Waals surface area contributed by atoms with Crippen molar-refractivity contribution >= 4 is 17.6 Å². The van der Waals surface area contributed by atoms with Crippen LogP contribution in [0.1, 0.15) is 39.6 Å². The number of carbonyl (C=O) groups is 2. The number of aromatic nitrogens is 4. The lowest BCUT2D eigenvalue weighted by Crippen LogP contribution is -2.26. The van der Waals surface area contributed by atoms with Gasteiger partial charge >= 0.3 is 0 Å². The Bertz CT molecular complexity index is 788. The molecule has 0 bridgehead atoms. The van der Waals surface area contributed by atoms with Crippen LogP contribution in [-0.2, 0) is 11.3 Å². The Morgan fingerprint density at radius 2 is 2.39 bits per heavy atom. The van der Waals surface area contributed by atoms with Gasteiger partial charge in [-0.05, 0) is 6.92 Å². The van der Waals surface area contributed by atoms with E-state index in [1.807, 2.05) is 13.1 Å². The lowest BCUT2D eigenvalue weighted by atomic mass is 9.86. The van der Waals surface area contributed by atoms with Crippen molar-refractivity contribution in [2.45, 2.75) is 25.8 Å². The molecule has 3 N–H and O–H groups in total. The van der Waals surface area contributed by atoms with Crippen LogP contribution in [0.5, 0.6) is 0 Å². The maximum absolute atomic E-state index is 12.1. The Labute approximate surface area is 133 Å². The van der Waals surface area contributed by atoms with Crippen LogP contribution in [0.25, 0.3) is 0 Å². The van der Waals surface area contributed by atoms with Gasteiger partial charge in [0.1, 0.15) is 5.69 Å². The van der Waals surface area contributed by atoms with Gasteiger partial charge in [-0.25, -0.2) is 0 Å². The summed E-state index contributed by atoms with van der Waals surface area (Å²) in [5, 5.41) is 16.5. The molecule has 0 aliphatic carbocycles. The summed E-state index contributed by atoms with van der Waals surface area (Å²) >= 11 is 0. The van der Waals surface area contributed by atoms with Crippen LogP contribution < -0.4 is 10.6 Å². The molecule has 0 radical (unpaired) electrons. The normalized spacial score (nSPS) is 16.6. The van der Waals surface area contributed by atoms with Crippen LogP contribution in [0.2, 0.25) is 0 Å². The van der Waals surface area contributed by atoms with E-state index >= 15 is 0 Å². The van der Waals surface area contributed by atoms with Gasteiger partial charge in [-0.3, -0.25) is 19.4 Å². The second-order valence-corrected chi connectivity index (χ2v) is 5.43. The van der Waals surface area contributed by atoms with E-state index < -0.39 is 0 Å². The fourth-order valence-electron chi connectivity index (χ4n) is 2.92. The highest BCUT2D eigenvalue weighted by Crippen LogP contribution is 2.39. The summed E-state index contributed by atoms with van der Waals surface area (Å²) in [7, 11) is 1.55. The van der Waals surface area contributed by atoms with Gasteiger partial charge < -0.3 is 10.6 Å². The number of fused-ring (bicyclic) bond motifs is 1. The van der Waals surface area contributed by atoms with E-state index in [2.05, 4.69) is 32.5 Å². The average Bonchev–Trinajstić information content (AvgIpc) is 3.09. The summed E-state index contributed by atoms with van der Waals surface area (Å²) < 4.78 is 1.77. The van der Waals surface area contributed by atoms with E-state index in [1.54, 1.807) is 17.8 Å². The van der Waals surface area contributed by atoms with Crippen LogP contribution in [0.15, 0.2) is 18.9 Å². The zero-order valence-electron chi connectivity index (χ0n) is 13.0. The highest BCUT2D eigenvalue weighted by Gasteiger charge is 2.35. The van der Waals surface area contributed by atoms with Crippen LogP contribution in [0, 0.1) is 6.92 Å². The van der Waals surface area contributed by atoms with E-state index in [-0.39, 0.29) is 24.2 Å². The van der Waals surface area contributed by atoms with Gasteiger partial charge in [-0.1, -0.05) is 6.08 Å². The molecule has 3 rings (SSSR count). The Morgan fingerprint density at radius 1 is 1.61 bits per heavy atom. The number of hydrogen-bond donors (Lipinski definition) is 3. The van der Waals surface area contributed by atoms with Crippen molar-refractivity contribution in [3.8, 4) is 0 Å². The largest absolute Gasteiger partial charge is 0.354 e. The van der Waals surface area contributed by atoms with E-state index in [4.69, 9.17) is 0 Å². The lowest BCUT2D eigenvalue weighted by Gasteiger charge is -2.22. The predicted molar refractivity (Wildman–Crippen MR) is 84.2 cm³/mol. The number of rotatable bonds is 4. The van der Waals surface area contributed by atoms with Gasteiger partial charge in [0.25, 0.3) is 5.91 Å². The lowest BCUT2D eigenvalue weighted by molar-refractivity contribution is -0.116. The van der Waals surface area contributed by atoms with Crippen molar-refractivity contribution in [3.63, 3.8) is 0 Å². The molecule has 1 aliphatic rings. The van der Waals surface area contributed by atoms with E-state index in [0.29, 0.717) is 23.6 Å². The topological polar surface area (TPSA) is 105 Å². The molecule has 2 aromatic rings. The smallest absolute Gasteiger partial charge is 0.269 e. The molecule has 23 heavy (non-hydrogen) atoms. The minimum atomic E-state index is -0.268. The molecule has 2 amide bonds. The van der Waals surface area contributed by atoms with Crippen LogP contribution in [0.3, 0.4) is 0 Å². The fourth-order valence-corrected chi connectivity index (χ4v) is 2.92. The second kappa shape index (κ2) is 5.71. The predicted octanol–water partition coefficient (Wildman–Crippen LogP) is 0.934. The van der Waals surface area contributed by atoms with E-state index in [0.717, 1.165) is 11.3 Å². The Balaban J connectivity index is 2.11. The highest BCUT2D eigenvalue weighted by molar-refractivity contribution is 6.00. The molecule has 8 heteroatoms. The average molecular weight is 314 g/mol. The number of aryl methyl sites for hydroxylation is 1. The van der Waals surface area contributed by atoms with Gasteiger partial charge in [0.15, 0.2) is 5.82 Å². The number of carbonyl (C=O) groups excluding carboxylic acids is 2. The number of H-pyrrole nitrogens is 1. The number of nitrogens with zero attached hydrogens (tertiary/aromatic N) is 3. The second-order valence-electron chi connectivity index (χ2n) is 5.43. The van der Waals surface area contributed by atoms with Crippen LogP contribution in [0.4, 0.5) is 5.82 Å².